The number of anilines is 1. The number of H-pyrrole nitrogens is 1. The van der Waals surface area contributed by atoms with Crippen molar-refractivity contribution in [3.63, 3.8) is 0 Å². The number of rotatable bonds is 5. The van der Waals surface area contributed by atoms with Gasteiger partial charge in [0.2, 0.25) is 0 Å². The molecule has 5 heteroatoms. The summed E-state index contributed by atoms with van der Waals surface area (Å²) in [7, 11) is 3.28. The second-order valence-corrected chi connectivity index (χ2v) is 3.94. The molecule has 0 saturated heterocycles. The second-order valence-electron chi connectivity index (χ2n) is 3.94. The van der Waals surface area contributed by atoms with E-state index in [-0.39, 0.29) is 0 Å². The van der Waals surface area contributed by atoms with Gasteiger partial charge >= 0.3 is 0 Å². The molecule has 0 aliphatic rings. The van der Waals surface area contributed by atoms with Crippen molar-refractivity contribution in [2.75, 3.05) is 26.6 Å². The van der Waals surface area contributed by atoms with Crippen LogP contribution in [0.15, 0.2) is 24.4 Å². The molecule has 0 atom stereocenters. The van der Waals surface area contributed by atoms with Gasteiger partial charge < -0.3 is 20.2 Å². The Bertz CT molecular complexity index is 523. The van der Waals surface area contributed by atoms with Gasteiger partial charge in [0, 0.05) is 19.1 Å². The van der Waals surface area contributed by atoms with Gasteiger partial charge in [-0.05, 0) is 12.1 Å². The first-order valence-electron chi connectivity index (χ1n) is 5.71. The summed E-state index contributed by atoms with van der Waals surface area (Å²) in [6, 6.07) is 5.65. The van der Waals surface area contributed by atoms with Crippen molar-refractivity contribution in [3.8, 4) is 17.0 Å². The third-order valence-electron chi connectivity index (χ3n) is 2.72. The highest BCUT2D eigenvalue weighted by Gasteiger charge is 2.06. The van der Waals surface area contributed by atoms with Crippen molar-refractivity contribution in [2.24, 2.45) is 0 Å². The van der Waals surface area contributed by atoms with Crippen molar-refractivity contribution >= 4 is 5.69 Å². The highest BCUT2D eigenvalue weighted by Crippen LogP contribution is 2.27. The quantitative estimate of drug-likeness (QED) is 0.791. The van der Waals surface area contributed by atoms with Gasteiger partial charge in [0.25, 0.3) is 0 Å². The predicted molar refractivity (Wildman–Crippen MR) is 70.6 cm³/mol. The molecule has 18 heavy (non-hydrogen) atoms. The maximum absolute atomic E-state index is 5.78. The van der Waals surface area contributed by atoms with Crippen molar-refractivity contribution in [1.82, 2.24) is 9.97 Å². The first-order valence-corrected chi connectivity index (χ1v) is 5.71. The minimum atomic E-state index is 0.625. The van der Waals surface area contributed by atoms with Gasteiger partial charge in [-0.3, -0.25) is 0 Å². The normalized spacial score (nSPS) is 10.6. The molecule has 1 heterocycles. The van der Waals surface area contributed by atoms with Crippen LogP contribution in [0.25, 0.3) is 11.3 Å². The summed E-state index contributed by atoms with van der Waals surface area (Å²) >= 11 is 0. The van der Waals surface area contributed by atoms with Crippen molar-refractivity contribution in [2.45, 2.75) is 6.42 Å². The Kier molecular flexibility index (Phi) is 3.84. The lowest BCUT2D eigenvalue weighted by molar-refractivity contribution is 0.200. The third-order valence-corrected chi connectivity index (χ3v) is 2.72. The van der Waals surface area contributed by atoms with E-state index in [4.69, 9.17) is 15.2 Å². The first kappa shape index (κ1) is 12.4. The standard InChI is InChI=1S/C13H17N3O2/c1-17-6-5-13-15-8-11(16-13)9-3-4-10(14)12(7-9)18-2/h3-4,7-8H,5-6,14H2,1-2H3,(H,15,16). The number of nitrogen functional groups attached to an aromatic ring is 1. The number of imidazole rings is 1. The zero-order valence-electron chi connectivity index (χ0n) is 10.6. The van der Waals surface area contributed by atoms with Crippen LogP contribution in [0, 0.1) is 0 Å². The van der Waals surface area contributed by atoms with Crippen LogP contribution in [0.1, 0.15) is 5.82 Å². The van der Waals surface area contributed by atoms with E-state index in [0.717, 1.165) is 23.5 Å². The van der Waals surface area contributed by atoms with Crippen LogP contribution < -0.4 is 10.5 Å². The zero-order chi connectivity index (χ0) is 13.0. The van der Waals surface area contributed by atoms with Gasteiger partial charge in [-0.1, -0.05) is 6.07 Å². The number of nitrogens with two attached hydrogens (primary N) is 1. The Morgan fingerprint density at radius 2 is 2.17 bits per heavy atom. The van der Waals surface area contributed by atoms with Gasteiger partial charge in [-0.2, -0.15) is 0 Å². The molecule has 5 nitrogen and oxygen atoms in total. The number of methoxy groups -OCH3 is 2. The number of benzene rings is 1. The van der Waals surface area contributed by atoms with Gasteiger partial charge in [-0.15, -0.1) is 0 Å². The smallest absolute Gasteiger partial charge is 0.142 e. The molecule has 96 valence electrons. The Morgan fingerprint density at radius 3 is 2.89 bits per heavy atom. The molecule has 2 aromatic rings. The van der Waals surface area contributed by atoms with E-state index in [0.29, 0.717) is 18.0 Å². The summed E-state index contributed by atoms with van der Waals surface area (Å²) in [6.45, 7) is 0.651. The summed E-state index contributed by atoms with van der Waals surface area (Å²) in [5.41, 5.74) is 8.35. The highest BCUT2D eigenvalue weighted by molar-refractivity contribution is 5.67. The van der Waals surface area contributed by atoms with Crippen LogP contribution in [0.3, 0.4) is 0 Å². The largest absolute Gasteiger partial charge is 0.495 e. The minimum Gasteiger partial charge on any atom is -0.495 e. The summed E-state index contributed by atoms with van der Waals surface area (Å²) in [5.74, 6) is 1.57. The Balaban J connectivity index is 2.23. The van der Waals surface area contributed by atoms with Crippen molar-refractivity contribution in [1.29, 1.82) is 0 Å². The minimum absolute atomic E-state index is 0.625. The van der Waals surface area contributed by atoms with Crippen molar-refractivity contribution in [3.05, 3.63) is 30.2 Å². The number of nitrogens with zero attached hydrogens (tertiary/aromatic N) is 1. The third kappa shape index (κ3) is 2.62. The molecule has 0 saturated carbocycles. The molecule has 2 rings (SSSR count). The Labute approximate surface area is 106 Å². The van der Waals surface area contributed by atoms with Crippen LogP contribution in [-0.2, 0) is 11.2 Å². The van der Waals surface area contributed by atoms with Gasteiger partial charge in [0.1, 0.15) is 11.6 Å². The fraction of sp³-hybridized carbons (Fsp3) is 0.308. The van der Waals surface area contributed by atoms with E-state index in [1.54, 1.807) is 20.4 Å². The fourth-order valence-electron chi connectivity index (χ4n) is 1.71. The fourth-order valence-corrected chi connectivity index (χ4v) is 1.71. The number of nitrogens with one attached hydrogen (secondary N) is 1. The molecule has 0 aliphatic heterocycles. The van der Waals surface area contributed by atoms with E-state index in [1.165, 1.54) is 0 Å². The number of hydrogen-bond acceptors (Lipinski definition) is 4. The SMILES string of the molecule is COCCc1ncc(-c2ccc(N)c(OC)c2)[nH]1. The summed E-state index contributed by atoms with van der Waals surface area (Å²) < 4.78 is 10.2. The van der Waals surface area contributed by atoms with E-state index in [9.17, 15) is 0 Å². The molecule has 0 unspecified atom stereocenters. The van der Waals surface area contributed by atoms with E-state index in [2.05, 4.69) is 9.97 Å². The second kappa shape index (κ2) is 5.55. The molecule has 1 aromatic carbocycles. The number of ether oxygens (including phenoxy) is 2. The maximum Gasteiger partial charge on any atom is 0.142 e. The molecule has 0 amide bonds. The molecular weight excluding hydrogens is 230 g/mol. The molecule has 0 fully saturated rings. The molecule has 0 radical (unpaired) electrons. The lowest BCUT2D eigenvalue weighted by atomic mass is 10.1. The van der Waals surface area contributed by atoms with Gasteiger partial charge in [0.15, 0.2) is 0 Å². The average Bonchev–Trinajstić information content (AvgIpc) is 2.85. The summed E-state index contributed by atoms with van der Waals surface area (Å²) in [6.07, 6.45) is 2.57. The van der Waals surface area contributed by atoms with E-state index in [1.807, 2.05) is 18.2 Å². The van der Waals surface area contributed by atoms with Crippen LogP contribution in [0.5, 0.6) is 5.75 Å². The monoisotopic (exact) mass is 247 g/mol. The number of hydrogen-bond donors (Lipinski definition) is 2. The van der Waals surface area contributed by atoms with E-state index < -0.39 is 0 Å². The van der Waals surface area contributed by atoms with Gasteiger partial charge in [0.05, 0.1) is 31.3 Å². The summed E-state index contributed by atoms with van der Waals surface area (Å²) in [5, 5.41) is 0. The molecule has 1 aromatic heterocycles. The van der Waals surface area contributed by atoms with Crippen LogP contribution in [0.4, 0.5) is 5.69 Å². The lowest BCUT2D eigenvalue weighted by Crippen LogP contribution is -1.96. The number of aromatic nitrogens is 2. The molecular formula is C13H17N3O2. The zero-order valence-corrected chi connectivity index (χ0v) is 10.6. The first-order chi connectivity index (χ1) is 8.74. The highest BCUT2D eigenvalue weighted by atomic mass is 16.5. The molecule has 0 bridgehead atoms. The lowest BCUT2D eigenvalue weighted by Gasteiger charge is -2.06. The van der Waals surface area contributed by atoms with Crippen LogP contribution >= 0.6 is 0 Å². The molecule has 3 N–H and O–H groups in total. The average molecular weight is 247 g/mol. The van der Waals surface area contributed by atoms with E-state index >= 15 is 0 Å². The predicted octanol–water partition coefficient (Wildman–Crippen LogP) is 1.86. The Hall–Kier alpha value is -2.01. The summed E-state index contributed by atoms with van der Waals surface area (Å²) in [4.78, 5) is 7.55. The molecule has 0 aliphatic carbocycles. The van der Waals surface area contributed by atoms with Crippen LogP contribution in [-0.4, -0.2) is 30.8 Å². The molecule has 0 spiro atoms. The topological polar surface area (TPSA) is 73.2 Å². The Morgan fingerprint density at radius 1 is 1.33 bits per heavy atom. The van der Waals surface area contributed by atoms with Crippen LogP contribution in [0.2, 0.25) is 0 Å². The maximum atomic E-state index is 5.78. The van der Waals surface area contributed by atoms with Crippen molar-refractivity contribution < 1.29 is 9.47 Å². The van der Waals surface area contributed by atoms with Gasteiger partial charge in [-0.25, -0.2) is 4.98 Å². The number of aromatic amines is 1.